The van der Waals surface area contributed by atoms with E-state index in [0.717, 1.165) is 6.42 Å². The molecule has 0 radical (unpaired) electrons. The summed E-state index contributed by atoms with van der Waals surface area (Å²) in [6, 6.07) is 6.76. The number of ether oxygens (including phenoxy) is 1. The van der Waals surface area contributed by atoms with Crippen LogP contribution in [-0.2, 0) is 4.74 Å². The predicted octanol–water partition coefficient (Wildman–Crippen LogP) is 2.03. The van der Waals surface area contributed by atoms with Gasteiger partial charge in [0.2, 0.25) is 0 Å². The highest BCUT2D eigenvalue weighted by atomic mass is 16.5. The molecule has 0 spiro atoms. The van der Waals surface area contributed by atoms with Gasteiger partial charge in [0.25, 0.3) is 5.91 Å². The van der Waals surface area contributed by atoms with Crippen LogP contribution in [0, 0.1) is 0 Å². The van der Waals surface area contributed by atoms with Crippen molar-refractivity contribution >= 4 is 5.91 Å². The Hall–Kier alpha value is -1.55. The van der Waals surface area contributed by atoms with Gasteiger partial charge in [-0.3, -0.25) is 4.79 Å². The molecule has 1 saturated heterocycles. The highest BCUT2D eigenvalue weighted by Crippen LogP contribution is 2.22. The number of para-hydroxylation sites is 1. The van der Waals surface area contributed by atoms with Crippen LogP contribution in [0.1, 0.15) is 30.6 Å². The zero-order chi connectivity index (χ0) is 13.1. The van der Waals surface area contributed by atoms with Crippen molar-refractivity contribution in [2.75, 3.05) is 13.2 Å². The van der Waals surface area contributed by atoms with Gasteiger partial charge in [-0.2, -0.15) is 0 Å². The summed E-state index contributed by atoms with van der Waals surface area (Å²) in [4.78, 5) is 14.3. The van der Waals surface area contributed by atoms with Crippen molar-refractivity contribution in [1.82, 2.24) is 4.90 Å². The molecule has 1 aliphatic rings. The third-order valence-electron chi connectivity index (χ3n) is 3.33. The molecule has 0 bridgehead atoms. The van der Waals surface area contributed by atoms with E-state index in [1.165, 1.54) is 6.07 Å². The molecule has 4 heteroatoms. The summed E-state index contributed by atoms with van der Waals surface area (Å²) >= 11 is 0. The monoisotopic (exact) mass is 249 g/mol. The van der Waals surface area contributed by atoms with Gasteiger partial charge >= 0.3 is 0 Å². The van der Waals surface area contributed by atoms with Crippen molar-refractivity contribution in [2.24, 2.45) is 0 Å². The lowest BCUT2D eigenvalue weighted by atomic mass is 10.1. The van der Waals surface area contributed by atoms with E-state index in [1.54, 1.807) is 18.2 Å². The van der Waals surface area contributed by atoms with Gasteiger partial charge in [-0.05, 0) is 25.5 Å². The minimum absolute atomic E-state index is 0.0384. The Kier molecular flexibility index (Phi) is 3.87. The largest absolute Gasteiger partial charge is 0.507 e. The number of nitrogens with zero attached hydrogens (tertiary/aromatic N) is 1. The topological polar surface area (TPSA) is 49.8 Å². The van der Waals surface area contributed by atoms with E-state index >= 15 is 0 Å². The van der Waals surface area contributed by atoms with Crippen molar-refractivity contribution in [2.45, 2.75) is 32.4 Å². The summed E-state index contributed by atoms with van der Waals surface area (Å²) in [7, 11) is 0. The number of amides is 1. The second-order valence-corrected chi connectivity index (χ2v) is 4.68. The third kappa shape index (κ3) is 2.48. The molecule has 0 aliphatic carbocycles. The Bertz CT molecular complexity index is 433. The number of carbonyl (C=O) groups excluding carboxylic acids is 1. The van der Waals surface area contributed by atoms with Gasteiger partial charge in [0.15, 0.2) is 0 Å². The molecule has 2 atom stereocenters. The van der Waals surface area contributed by atoms with Crippen LogP contribution in [0.15, 0.2) is 24.3 Å². The van der Waals surface area contributed by atoms with Crippen LogP contribution >= 0.6 is 0 Å². The molecule has 1 fully saturated rings. The van der Waals surface area contributed by atoms with Crippen molar-refractivity contribution in [1.29, 1.82) is 0 Å². The van der Waals surface area contributed by atoms with Gasteiger partial charge < -0.3 is 14.7 Å². The summed E-state index contributed by atoms with van der Waals surface area (Å²) in [5.74, 6) is -0.0772. The lowest BCUT2D eigenvalue weighted by molar-refractivity contribution is -0.0444. The summed E-state index contributed by atoms with van der Waals surface area (Å²) in [5.41, 5.74) is 0.366. The van der Waals surface area contributed by atoms with Crippen LogP contribution in [0.3, 0.4) is 0 Å². The summed E-state index contributed by atoms with van der Waals surface area (Å²) in [6.45, 7) is 5.13. The van der Waals surface area contributed by atoms with Crippen molar-refractivity contribution in [3.63, 3.8) is 0 Å². The van der Waals surface area contributed by atoms with E-state index in [-0.39, 0.29) is 23.8 Å². The van der Waals surface area contributed by atoms with Crippen LogP contribution in [0.25, 0.3) is 0 Å². The number of hydrogen-bond acceptors (Lipinski definition) is 3. The standard InChI is InChI=1S/C14H19NO3/c1-3-11-9-18-10(2)8-15(11)14(17)12-6-4-5-7-13(12)16/h4-7,10-11,16H,3,8-9H2,1-2H3. The maximum atomic E-state index is 12.4. The summed E-state index contributed by atoms with van der Waals surface area (Å²) in [5, 5.41) is 9.76. The molecule has 2 rings (SSSR count). The zero-order valence-corrected chi connectivity index (χ0v) is 10.8. The Labute approximate surface area is 107 Å². The lowest BCUT2D eigenvalue weighted by Crippen LogP contribution is -2.51. The second kappa shape index (κ2) is 5.40. The molecule has 1 heterocycles. The first kappa shape index (κ1) is 12.9. The molecule has 0 aromatic heterocycles. The van der Waals surface area contributed by atoms with Crippen LogP contribution in [0.4, 0.5) is 0 Å². The molecular weight excluding hydrogens is 230 g/mol. The molecule has 1 N–H and O–H groups in total. The van der Waals surface area contributed by atoms with Gasteiger partial charge in [0, 0.05) is 6.54 Å². The average molecular weight is 249 g/mol. The molecule has 4 nitrogen and oxygen atoms in total. The van der Waals surface area contributed by atoms with E-state index in [2.05, 4.69) is 0 Å². The minimum Gasteiger partial charge on any atom is -0.507 e. The second-order valence-electron chi connectivity index (χ2n) is 4.68. The first-order chi connectivity index (χ1) is 8.63. The molecule has 1 aromatic rings. The molecule has 0 saturated carbocycles. The number of hydrogen-bond donors (Lipinski definition) is 1. The fourth-order valence-corrected chi connectivity index (χ4v) is 2.24. The van der Waals surface area contributed by atoms with E-state index in [1.807, 2.05) is 18.7 Å². The molecule has 1 aliphatic heterocycles. The van der Waals surface area contributed by atoms with E-state index < -0.39 is 0 Å². The maximum Gasteiger partial charge on any atom is 0.258 e. The van der Waals surface area contributed by atoms with Crippen LogP contribution < -0.4 is 0 Å². The zero-order valence-electron chi connectivity index (χ0n) is 10.8. The normalized spacial score (nSPS) is 24.0. The summed E-state index contributed by atoms with van der Waals surface area (Å²) < 4.78 is 5.57. The Balaban J connectivity index is 2.23. The minimum atomic E-state index is -0.116. The molecule has 18 heavy (non-hydrogen) atoms. The summed E-state index contributed by atoms with van der Waals surface area (Å²) in [6.07, 6.45) is 0.897. The SMILES string of the molecule is CCC1COC(C)CN1C(=O)c1ccccc1O. The van der Waals surface area contributed by atoms with E-state index in [4.69, 9.17) is 4.74 Å². The molecule has 98 valence electrons. The highest BCUT2D eigenvalue weighted by molar-refractivity contribution is 5.97. The van der Waals surface area contributed by atoms with Crippen LogP contribution in [-0.4, -0.2) is 41.2 Å². The lowest BCUT2D eigenvalue weighted by Gasteiger charge is -2.38. The number of rotatable bonds is 2. The van der Waals surface area contributed by atoms with E-state index in [9.17, 15) is 9.90 Å². The third-order valence-corrected chi connectivity index (χ3v) is 3.33. The van der Waals surface area contributed by atoms with Gasteiger partial charge in [-0.25, -0.2) is 0 Å². The predicted molar refractivity (Wildman–Crippen MR) is 68.6 cm³/mol. The Morgan fingerprint density at radius 3 is 2.89 bits per heavy atom. The van der Waals surface area contributed by atoms with Gasteiger partial charge in [-0.1, -0.05) is 19.1 Å². The highest BCUT2D eigenvalue weighted by Gasteiger charge is 2.30. The fraction of sp³-hybridized carbons (Fsp3) is 0.500. The molecule has 1 amide bonds. The number of morpholine rings is 1. The number of aromatic hydroxyl groups is 1. The molecular formula is C14H19NO3. The van der Waals surface area contributed by atoms with Crippen molar-refractivity contribution < 1.29 is 14.6 Å². The Morgan fingerprint density at radius 2 is 2.22 bits per heavy atom. The Morgan fingerprint density at radius 1 is 1.50 bits per heavy atom. The van der Waals surface area contributed by atoms with Crippen LogP contribution in [0.5, 0.6) is 5.75 Å². The smallest absolute Gasteiger partial charge is 0.258 e. The first-order valence-corrected chi connectivity index (χ1v) is 6.34. The number of benzene rings is 1. The van der Waals surface area contributed by atoms with Gasteiger partial charge in [0.05, 0.1) is 24.3 Å². The van der Waals surface area contributed by atoms with Crippen molar-refractivity contribution in [3.05, 3.63) is 29.8 Å². The maximum absolute atomic E-state index is 12.4. The first-order valence-electron chi connectivity index (χ1n) is 6.34. The average Bonchev–Trinajstić information content (AvgIpc) is 2.38. The number of carbonyl (C=O) groups is 1. The van der Waals surface area contributed by atoms with Gasteiger partial charge in [-0.15, -0.1) is 0 Å². The number of phenols is 1. The number of phenolic OH excluding ortho intramolecular Hbond substituents is 1. The van der Waals surface area contributed by atoms with Crippen molar-refractivity contribution in [3.8, 4) is 5.75 Å². The fourth-order valence-electron chi connectivity index (χ4n) is 2.24. The quantitative estimate of drug-likeness (QED) is 0.872. The van der Waals surface area contributed by atoms with E-state index in [0.29, 0.717) is 18.7 Å². The molecule has 2 unspecified atom stereocenters. The van der Waals surface area contributed by atoms with Gasteiger partial charge in [0.1, 0.15) is 5.75 Å². The van der Waals surface area contributed by atoms with Crippen LogP contribution in [0.2, 0.25) is 0 Å². The molecule has 1 aromatic carbocycles.